The molecule has 0 spiro atoms. The Morgan fingerprint density at radius 2 is 1.90 bits per heavy atom. The minimum absolute atomic E-state index is 0.663. The molecule has 0 amide bonds. The van der Waals surface area contributed by atoms with Crippen LogP contribution in [0.5, 0.6) is 0 Å². The highest BCUT2D eigenvalue weighted by Crippen LogP contribution is 2.25. The molecule has 2 aliphatic heterocycles. The molecule has 3 heterocycles. The van der Waals surface area contributed by atoms with E-state index in [0.717, 1.165) is 19.6 Å². The number of nitrogens with zero attached hydrogens (tertiary/aromatic N) is 2. The summed E-state index contributed by atoms with van der Waals surface area (Å²) in [5, 5.41) is 3.44. The molecule has 1 N–H and O–H groups in total. The van der Waals surface area contributed by atoms with Gasteiger partial charge in [-0.1, -0.05) is 6.42 Å². The molecule has 20 heavy (non-hydrogen) atoms. The van der Waals surface area contributed by atoms with Crippen LogP contribution in [0.2, 0.25) is 0 Å². The number of rotatable bonds is 3. The molecule has 2 fully saturated rings. The highest BCUT2D eigenvalue weighted by atomic mass is 15.1. The molecule has 2 saturated heterocycles. The standard InChI is InChI=1S/C17H27N3/c1-14-11-15(13-20-9-3-2-4-10-20)12-17(19-14)16-5-7-18-8-6-16/h11-12,16,18H,2-10,13H2,1H3. The van der Waals surface area contributed by atoms with E-state index in [1.807, 2.05) is 0 Å². The van der Waals surface area contributed by atoms with Crippen LogP contribution >= 0.6 is 0 Å². The zero-order valence-electron chi connectivity index (χ0n) is 12.7. The van der Waals surface area contributed by atoms with Crippen LogP contribution in [-0.2, 0) is 6.54 Å². The number of hydrogen-bond donors (Lipinski definition) is 1. The van der Waals surface area contributed by atoms with Gasteiger partial charge in [-0.05, 0) is 76.5 Å². The van der Waals surface area contributed by atoms with Crippen molar-refractivity contribution in [2.75, 3.05) is 26.2 Å². The summed E-state index contributed by atoms with van der Waals surface area (Å²) >= 11 is 0. The third kappa shape index (κ3) is 3.58. The normalized spacial score (nSPS) is 22.1. The molecule has 0 aliphatic carbocycles. The van der Waals surface area contributed by atoms with E-state index in [1.165, 1.54) is 62.1 Å². The Kier molecular flexibility index (Phi) is 4.69. The molecule has 1 aromatic heterocycles. The first-order valence-electron chi connectivity index (χ1n) is 8.22. The molecule has 0 radical (unpaired) electrons. The summed E-state index contributed by atoms with van der Waals surface area (Å²) in [7, 11) is 0. The lowest BCUT2D eigenvalue weighted by atomic mass is 9.93. The Morgan fingerprint density at radius 1 is 1.15 bits per heavy atom. The Labute approximate surface area is 122 Å². The lowest BCUT2D eigenvalue weighted by Gasteiger charge is -2.27. The van der Waals surface area contributed by atoms with Crippen LogP contribution < -0.4 is 5.32 Å². The fourth-order valence-electron chi connectivity index (χ4n) is 3.56. The van der Waals surface area contributed by atoms with Gasteiger partial charge in [0.25, 0.3) is 0 Å². The quantitative estimate of drug-likeness (QED) is 0.918. The van der Waals surface area contributed by atoms with Gasteiger partial charge in [0.1, 0.15) is 0 Å². The summed E-state index contributed by atoms with van der Waals surface area (Å²) in [6, 6.07) is 4.65. The van der Waals surface area contributed by atoms with Crippen molar-refractivity contribution >= 4 is 0 Å². The summed E-state index contributed by atoms with van der Waals surface area (Å²) in [6.45, 7) is 8.07. The van der Waals surface area contributed by atoms with E-state index in [0.29, 0.717) is 5.92 Å². The van der Waals surface area contributed by atoms with Crippen molar-refractivity contribution in [1.82, 2.24) is 15.2 Å². The maximum Gasteiger partial charge on any atom is 0.0441 e. The number of pyridine rings is 1. The van der Waals surface area contributed by atoms with Crippen LogP contribution in [-0.4, -0.2) is 36.1 Å². The van der Waals surface area contributed by atoms with Crippen molar-refractivity contribution in [3.8, 4) is 0 Å². The van der Waals surface area contributed by atoms with E-state index in [2.05, 4.69) is 29.3 Å². The molecule has 3 nitrogen and oxygen atoms in total. The van der Waals surface area contributed by atoms with Crippen molar-refractivity contribution in [3.63, 3.8) is 0 Å². The second kappa shape index (κ2) is 6.68. The van der Waals surface area contributed by atoms with Gasteiger partial charge in [0.15, 0.2) is 0 Å². The molecule has 3 rings (SSSR count). The summed E-state index contributed by atoms with van der Waals surface area (Å²) in [5.41, 5.74) is 3.99. The van der Waals surface area contributed by atoms with E-state index in [4.69, 9.17) is 4.98 Å². The van der Waals surface area contributed by atoms with E-state index in [-0.39, 0.29) is 0 Å². The van der Waals surface area contributed by atoms with E-state index in [9.17, 15) is 0 Å². The minimum Gasteiger partial charge on any atom is -0.317 e. The summed E-state index contributed by atoms with van der Waals surface area (Å²) in [5.74, 6) is 0.663. The average Bonchev–Trinajstić information content (AvgIpc) is 2.49. The first-order chi connectivity index (χ1) is 9.81. The van der Waals surface area contributed by atoms with Crippen LogP contribution in [0.25, 0.3) is 0 Å². The molecule has 0 aromatic carbocycles. The Balaban J connectivity index is 1.71. The zero-order valence-corrected chi connectivity index (χ0v) is 12.7. The fraction of sp³-hybridized carbons (Fsp3) is 0.706. The fourth-order valence-corrected chi connectivity index (χ4v) is 3.56. The maximum absolute atomic E-state index is 4.80. The van der Waals surface area contributed by atoms with E-state index >= 15 is 0 Å². The van der Waals surface area contributed by atoms with Crippen LogP contribution in [0.3, 0.4) is 0 Å². The van der Waals surface area contributed by atoms with Gasteiger partial charge in [-0.3, -0.25) is 9.88 Å². The highest BCUT2D eigenvalue weighted by molar-refractivity contribution is 5.24. The van der Waals surface area contributed by atoms with Crippen LogP contribution in [0, 0.1) is 6.92 Å². The second-order valence-corrected chi connectivity index (χ2v) is 6.40. The van der Waals surface area contributed by atoms with Crippen molar-refractivity contribution in [3.05, 3.63) is 29.1 Å². The lowest BCUT2D eigenvalue weighted by Crippen LogP contribution is -2.29. The third-order valence-electron chi connectivity index (χ3n) is 4.65. The second-order valence-electron chi connectivity index (χ2n) is 6.40. The molecule has 1 aromatic rings. The molecule has 0 unspecified atom stereocenters. The summed E-state index contributed by atoms with van der Waals surface area (Å²) in [6.07, 6.45) is 6.61. The lowest BCUT2D eigenvalue weighted by molar-refractivity contribution is 0.220. The number of nitrogens with one attached hydrogen (secondary N) is 1. The minimum atomic E-state index is 0.663. The third-order valence-corrected chi connectivity index (χ3v) is 4.65. The number of piperidine rings is 2. The van der Waals surface area contributed by atoms with Crippen LogP contribution in [0.15, 0.2) is 12.1 Å². The molecule has 3 heteroatoms. The number of aryl methyl sites for hydroxylation is 1. The molecular formula is C17H27N3. The molecule has 110 valence electrons. The molecular weight excluding hydrogens is 246 g/mol. The van der Waals surface area contributed by atoms with Gasteiger partial charge in [0.05, 0.1) is 0 Å². The van der Waals surface area contributed by atoms with Crippen LogP contribution in [0.4, 0.5) is 0 Å². The predicted molar refractivity (Wildman–Crippen MR) is 82.9 cm³/mol. The van der Waals surface area contributed by atoms with E-state index < -0.39 is 0 Å². The SMILES string of the molecule is Cc1cc(CN2CCCCC2)cc(C2CCNCC2)n1. The first kappa shape index (κ1) is 14.0. The van der Waals surface area contributed by atoms with Gasteiger partial charge in [0.2, 0.25) is 0 Å². The zero-order chi connectivity index (χ0) is 13.8. The van der Waals surface area contributed by atoms with Gasteiger partial charge < -0.3 is 5.32 Å². The predicted octanol–water partition coefficient (Wildman–Crippen LogP) is 2.84. The number of hydrogen-bond acceptors (Lipinski definition) is 3. The highest BCUT2D eigenvalue weighted by Gasteiger charge is 2.18. The van der Waals surface area contributed by atoms with Gasteiger partial charge in [0, 0.05) is 23.9 Å². The first-order valence-corrected chi connectivity index (χ1v) is 8.22. The van der Waals surface area contributed by atoms with E-state index in [1.54, 1.807) is 0 Å². The van der Waals surface area contributed by atoms with Gasteiger partial charge >= 0.3 is 0 Å². The topological polar surface area (TPSA) is 28.2 Å². The van der Waals surface area contributed by atoms with Crippen molar-refractivity contribution < 1.29 is 0 Å². The Hall–Kier alpha value is -0.930. The Bertz CT molecular complexity index is 432. The molecule has 0 saturated carbocycles. The van der Waals surface area contributed by atoms with Gasteiger partial charge in [-0.15, -0.1) is 0 Å². The van der Waals surface area contributed by atoms with Gasteiger partial charge in [-0.2, -0.15) is 0 Å². The van der Waals surface area contributed by atoms with Gasteiger partial charge in [-0.25, -0.2) is 0 Å². The molecule has 0 atom stereocenters. The summed E-state index contributed by atoms with van der Waals surface area (Å²) < 4.78 is 0. The van der Waals surface area contributed by atoms with Crippen LogP contribution in [0.1, 0.15) is 55.0 Å². The number of likely N-dealkylation sites (tertiary alicyclic amines) is 1. The van der Waals surface area contributed by atoms with Crippen molar-refractivity contribution in [1.29, 1.82) is 0 Å². The molecule has 0 bridgehead atoms. The monoisotopic (exact) mass is 273 g/mol. The largest absolute Gasteiger partial charge is 0.317 e. The van der Waals surface area contributed by atoms with Crippen molar-refractivity contribution in [2.45, 2.75) is 51.5 Å². The molecule has 2 aliphatic rings. The van der Waals surface area contributed by atoms with Crippen molar-refractivity contribution in [2.24, 2.45) is 0 Å². The average molecular weight is 273 g/mol. The summed E-state index contributed by atoms with van der Waals surface area (Å²) in [4.78, 5) is 7.41. The number of aromatic nitrogens is 1. The smallest absolute Gasteiger partial charge is 0.0441 e. The Morgan fingerprint density at radius 3 is 2.65 bits per heavy atom. The maximum atomic E-state index is 4.80.